The van der Waals surface area contributed by atoms with E-state index in [4.69, 9.17) is 0 Å². The van der Waals surface area contributed by atoms with Gasteiger partial charge in [0.15, 0.2) is 0 Å². The van der Waals surface area contributed by atoms with Crippen molar-refractivity contribution in [3.63, 3.8) is 0 Å². The van der Waals surface area contributed by atoms with E-state index in [0.717, 1.165) is 42.5 Å². The number of aromatic nitrogens is 1. The Hall–Kier alpha value is -3.84. The minimum absolute atomic E-state index is 0.222. The molecule has 4 heteroatoms. The van der Waals surface area contributed by atoms with Crippen LogP contribution in [0.2, 0.25) is 0 Å². The SMILES string of the molecule is Cn1c(=O)c(C#N)c(N2CCC(c3ccc(-c4ccccc4)cc3)CC2)c2ccccc21. The van der Waals surface area contributed by atoms with Crippen molar-refractivity contribution in [1.29, 1.82) is 5.26 Å². The van der Waals surface area contributed by atoms with E-state index < -0.39 is 0 Å². The first kappa shape index (κ1) is 20.1. The van der Waals surface area contributed by atoms with Crippen molar-refractivity contribution in [2.24, 2.45) is 7.05 Å². The quantitative estimate of drug-likeness (QED) is 0.443. The fraction of sp³-hybridized carbons (Fsp3) is 0.214. The summed E-state index contributed by atoms with van der Waals surface area (Å²) in [7, 11) is 1.74. The molecule has 3 aromatic carbocycles. The lowest BCUT2D eigenvalue weighted by molar-refractivity contribution is 0.506. The maximum atomic E-state index is 12.8. The highest BCUT2D eigenvalue weighted by molar-refractivity contribution is 5.95. The van der Waals surface area contributed by atoms with E-state index in [9.17, 15) is 10.1 Å². The highest BCUT2D eigenvalue weighted by Crippen LogP contribution is 2.35. The van der Waals surface area contributed by atoms with Gasteiger partial charge in [0.1, 0.15) is 11.6 Å². The van der Waals surface area contributed by atoms with E-state index >= 15 is 0 Å². The molecule has 1 fully saturated rings. The first-order chi connectivity index (χ1) is 15.7. The van der Waals surface area contributed by atoms with Crippen molar-refractivity contribution in [2.75, 3.05) is 18.0 Å². The Morgan fingerprint density at radius 2 is 1.47 bits per heavy atom. The number of anilines is 1. The van der Waals surface area contributed by atoms with Crippen molar-refractivity contribution in [1.82, 2.24) is 4.57 Å². The highest BCUT2D eigenvalue weighted by Gasteiger charge is 2.26. The van der Waals surface area contributed by atoms with Crippen molar-refractivity contribution >= 4 is 16.6 Å². The van der Waals surface area contributed by atoms with Gasteiger partial charge in [-0.15, -0.1) is 0 Å². The van der Waals surface area contributed by atoms with Gasteiger partial charge in [-0.2, -0.15) is 5.26 Å². The number of fused-ring (bicyclic) bond motifs is 1. The summed E-state index contributed by atoms with van der Waals surface area (Å²) in [6.45, 7) is 1.66. The summed E-state index contributed by atoms with van der Waals surface area (Å²) in [6, 6.07) is 29.4. The van der Waals surface area contributed by atoms with Gasteiger partial charge in [0.25, 0.3) is 5.56 Å². The minimum Gasteiger partial charge on any atom is -0.370 e. The number of piperidine rings is 1. The average molecular weight is 420 g/mol. The van der Waals surface area contributed by atoms with Crippen LogP contribution in [0, 0.1) is 11.3 Å². The molecule has 1 aliphatic rings. The van der Waals surface area contributed by atoms with E-state index in [1.54, 1.807) is 11.6 Å². The summed E-state index contributed by atoms with van der Waals surface area (Å²) in [4.78, 5) is 15.1. The lowest BCUT2D eigenvalue weighted by atomic mass is 9.88. The van der Waals surface area contributed by atoms with Crippen LogP contribution >= 0.6 is 0 Å². The molecule has 2 heterocycles. The summed E-state index contributed by atoms with van der Waals surface area (Å²) in [5, 5.41) is 10.7. The Labute approximate surface area is 188 Å². The molecule has 4 aromatic rings. The number of para-hydroxylation sites is 1. The molecule has 32 heavy (non-hydrogen) atoms. The maximum Gasteiger partial charge on any atom is 0.270 e. The van der Waals surface area contributed by atoms with Gasteiger partial charge >= 0.3 is 0 Å². The molecule has 4 nitrogen and oxygen atoms in total. The van der Waals surface area contributed by atoms with Gasteiger partial charge in [-0.3, -0.25) is 4.79 Å². The summed E-state index contributed by atoms with van der Waals surface area (Å²) < 4.78 is 1.58. The average Bonchev–Trinajstić information content (AvgIpc) is 2.87. The molecule has 0 N–H and O–H groups in total. The number of aryl methyl sites for hydroxylation is 1. The van der Waals surface area contributed by atoms with Crippen LogP contribution in [-0.2, 0) is 7.05 Å². The van der Waals surface area contributed by atoms with Crippen LogP contribution in [0.3, 0.4) is 0 Å². The van der Waals surface area contributed by atoms with Crippen molar-refractivity contribution in [2.45, 2.75) is 18.8 Å². The Morgan fingerprint density at radius 3 is 2.16 bits per heavy atom. The summed E-state index contributed by atoms with van der Waals surface area (Å²) in [5.41, 5.74) is 5.51. The van der Waals surface area contributed by atoms with Crippen LogP contribution in [0.15, 0.2) is 83.7 Å². The number of rotatable bonds is 3. The minimum atomic E-state index is -0.222. The molecule has 0 amide bonds. The predicted molar refractivity (Wildman–Crippen MR) is 130 cm³/mol. The second-order valence-corrected chi connectivity index (χ2v) is 8.47. The predicted octanol–water partition coefficient (Wildman–Crippen LogP) is 5.46. The number of nitriles is 1. The normalized spacial score (nSPS) is 14.4. The summed E-state index contributed by atoms with van der Waals surface area (Å²) >= 11 is 0. The van der Waals surface area contributed by atoms with E-state index in [0.29, 0.717) is 5.92 Å². The Bertz CT molecular complexity index is 1360. The zero-order valence-electron chi connectivity index (χ0n) is 18.2. The molecular formula is C28H25N3O. The molecule has 0 aliphatic carbocycles. The van der Waals surface area contributed by atoms with Gasteiger partial charge in [0, 0.05) is 25.5 Å². The van der Waals surface area contributed by atoms with Crippen LogP contribution in [0.25, 0.3) is 22.0 Å². The summed E-state index contributed by atoms with van der Waals surface area (Å²) in [5.74, 6) is 0.486. The number of hydrogen-bond donors (Lipinski definition) is 0. The molecule has 0 saturated carbocycles. The van der Waals surface area contributed by atoms with Crippen molar-refractivity contribution in [3.8, 4) is 17.2 Å². The maximum absolute atomic E-state index is 12.8. The topological polar surface area (TPSA) is 49.0 Å². The molecule has 1 aromatic heterocycles. The lowest BCUT2D eigenvalue weighted by Gasteiger charge is -2.35. The molecule has 0 unspecified atom stereocenters. The second kappa shape index (κ2) is 8.36. The number of pyridine rings is 1. The third-order valence-corrected chi connectivity index (χ3v) is 6.69. The molecule has 5 rings (SSSR count). The fourth-order valence-corrected chi connectivity index (χ4v) is 4.92. The highest BCUT2D eigenvalue weighted by atomic mass is 16.1. The molecular weight excluding hydrogens is 394 g/mol. The Kier molecular flexibility index (Phi) is 5.25. The third kappa shape index (κ3) is 3.46. The van der Waals surface area contributed by atoms with E-state index in [1.807, 2.05) is 30.3 Å². The van der Waals surface area contributed by atoms with Gasteiger partial charge in [0.2, 0.25) is 0 Å². The summed E-state index contributed by atoms with van der Waals surface area (Å²) in [6.07, 6.45) is 2.00. The van der Waals surface area contributed by atoms with Gasteiger partial charge in [0.05, 0.1) is 11.2 Å². The molecule has 0 bridgehead atoms. The van der Waals surface area contributed by atoms with Crippen molar-refractivity contribution in [3.05, 3.63) is 100 Å². The molecule has 0 atom stereocenters. The van der Waals surface area contributed by atoms with Gasteiger partial charge in [-0.25, -0.2) is 0 Å². The van der Waals surface area contributed by atoms with Gasteiger partial charge < -0.3 is 9.47 Å². The molecule has 0 spiro atoms. The molecule has 1 saturated heterocycles. The van der Waals surface area contributed by atoms with E-state index in [1.165, 1.54) is 16.7 Å². The van der Waals surface area contributed by atoms with Crippen LogP contribution in [0.4, 0.5) is 5.69 Å². The first-order valence-electron chi connectivity index (χ1n) is 11.1. The molecule has 158 valence electrons. The molecule has 0 radical (unpaired) electrons. The monoisotopic (exact) mass is 419 g/mol. The zero-order chi connectivity index (χ0) is 22.1. The van der Waals surface area contributed by atoms with Crippen LogP contribution in [-0.4, -0.2) is 17.7 Å². The number of nitrogens with zero attached hydrogens (tertiary/aromatic N) is 3. The van der Waals surface area contributed by atoms with Crippen LogP contribution in [0.5, 0.6) is 0 Å². The Morgan fingerprint density at radius 1 is 0.844 bits per heavy atom. The fourth-order valence-electron chi connectivity index (χ4n) is 4.92. The van der Waals surface area contributed by atoms with Crippen LogP contribution < -0.4 is 10.5 Å². The molecule has 1 aliphatic heterocycles. The second-order valence-electron chi connectivity index (χ2n) is 8.47. The van der Waals surface area contributed by atoms with Crippen LogP contribution in [0.1, 0.15) is 29.9 Å². The standard InChI is InChI=1S/C28H25N3O/c1-30-26-10-6-5-9-24(26)27(25(19-29)28(30)32)31-17-15-23(16-18-31)22-13-11-21(12-14-22)20-7-3-2-4-8-20/h2-14,23H,15-18H2,1H3. The zero-order valence-corrected chi connectivity index (χ0v) is 18.2. The Balaban J connectivity index is 1.40. The number of benzene rings is 3. The van der Waals surface area contributed by atoms with Crippen molar-refractivity contribution < 1.29 is 0 Å². The van der Waals surface area contributed by atoms with Gasteiger partial charge in [-0.05, 0) is 41.5 Å². The van der Waals surface area contributed by atoms with Gasteiger partial charge in [-0.1, -0.05) is 72.8 Å². The number of hydrogen-bond acceptors (Lipinski definition) is 3. The van der Waals surface area contributed by atoms with E-state index in [-0.39, 0.29) is 11.1 Å². The van der Waals surface area contributed by atoms with E-state index in [2.05, 4.69) is 59.5 Å². The smallest absolute Gasteiger partial charge is 0.270 e. The lowest BCUT2D eigenvalue weighted by Crippen LogP contribution is -2.35. The third-order valence-electron chi connectivity index (χ3n) is 6.69. The largest absolute Gasteiger partial charge is 0.370 e. The first-order valence-corrected chi connectivity index (χ1v) is 11.1.